The molecule has 1 saturated heterocycles. The maximum atomic E-state index is 13.1. The molecule has 0 amide bonds. The van der Waals surface area contributed by atoms with Crippen LogP contribution in [-0.4, -0.2) is 52.6 Å². The second-order valence-corrected chi connectivity index (χ2v) is 7.14. The van der Waals surface area contributed by atoms with E-state index < -0.39 is 12.1 Å². The molecule has 1 aromatic heterocycles. The lowest BCUT2D eigenvalue weighted by molar-refractivity contribution is -0.200. The topological polar surface area (TPSA) is 98.5 Å². The van der Waals surface area contributed by atoms with Gasteiger partial charge in [0.15, 0.2) is 12.1 Å². The third-order valence-corrected chi connectivity index (χ3v) is 5.59. The molecule has 0 radical (unpaired) electrons. The first-order valence-corrected chi connectivity index (χ1v) is 9.84. The number of aromatic nitrogens is 1. The summed E-state index contributed by atoms with van der Waals surface area (Å²) < 4.78 is 39.8. The highest BCUT2D eigenvalue weighted by Crippen LogP contribution is 2.48. The molecule has 1 aliphatic carbocycles. The number of hydrogen-bond acceptors (Lipinski definition) is 9. The predicted octanol–water partition coefficient (Wildman–Crippen LogP) is 3.38. The number of methoxy groups -OCH3 is 4. The zero-order valence-electron chi connectivity index (χ0n) is 18.1. The number of hydrogen-bond donors (Lipinski definition) is 0. The number of rotatable bonds is 6. The SMILES string of the molecule is COc1ccc(OC)c(C2OCCCO2)c1-c1noc2c1C(=O)C=C(C)C2(OC)OC. The van der Waals surface area contributed by atoms with Gasteiger partial charge >= 0.3 is 0 Å². The molecular weight excluding hydrogens is 406 g/mol. The van der Waals surface area contributed by atoms with Crippen LogP contribution in [0.5, 0.6) is 11.5 Å². The first-order valence-electron chi connectivity index (χ1n) is 9.84. The Morgan fingerprint density at radius 3 is 2.26 bits per heavy atom. The van der Waals surface area contributed by atoms with Gasteiger partial charge in [-0.3, -0.25) is 4.79 Å². The number of benzene rings is 1. The van der Waals surface area contributed by atoms with Crippen LogP contribution >= 0.6 is 0 Å². The normalized spacial score (nSPS) is 18.5. The van der Waals surface area contributed by atoms with E-state index in [4.69, 9.17) is 32.9 Å². The van der Waals surface area contributed by atoms with Crippen LogP contribution in [0.1, 0.15) is 41.3 Å². The van der Waals surface area contributed by atoms with E-state index in [0.717, 1.165) is 6.42 Å². The second kappa shape index (κ2) is 8.43. The van der Waals surface area contributed by atoms with Crippen molar-refractivity contribution in [2.24, 2.45) is 0 Å². The summed E-state index contributed by atoms with van der Waals surface area (Å²) in [5.74, 6) is -0.504. The fourth-order valence-electron chi connectivity index (χ4n) is 4.11. The Bertz CT molecular complexity index is 1010. The summed E-state index contributed by atoms with van der Waals surface area (Å²) in [7, 11) is 6.03. The Morgan fingerprint density at radius 1 is 1.00 bits per heavy atom. The van der Waals surface area contributed by atoms with Crippen molar-refractivity contribution in [1.82, 2.24) is 5.16 Å². The largest absolute Gasteiger partial charge is 0.496 e. The molecule has 1 aliphatic heterocycles. The van der Waals surface area contributed by atoms with E-state index in [1.54, 1.807) is 26.2 Å². The minimum absolute atomic E-state index is 0.166. The molecule has 0 spiro atoms. The monoisotopic (exact) mass is 431 g/mol. The van der Waals surface area contributed by atoms with Crippen LogP contribution in [0.25, 0.3) is 11.3 Å². The van der Waals surface area contributed by atoms with E-state index in [2.05, 4.69) is 5.16 Å². The average molecular weight is 431 g/mol. The first-order chi connectivity index (χ1) is 15.0. The summed E-state index contributed by atoms with van der Waals surface area (Å²) in [5, 5.41) is 4.25. The van der Waals surface area contributed by atoms with E-state index in [1.165, 1.54) is 27.4 Å². The first kappa shape index (κ1) is 21.5. The van der Waals surface area contributed by atoms with Crippen molar-refractivity contribution in [3.8, 4) is 22.8 Å². The van der Waals surface area contributed by atoms with Gasteiger partial charge in [-0.25, -0.2) is 0 Å². The van der Waals surface area contributed by atoms with Gasteiger partial charge in [0.25, 0.3) is 5.79 Å². The summed E-state index contributed by atoms with van der Waals surface area (Å²) >= 11 is 0. The number of ketones is 1. The Balaban J connectivity index is 2.00. The predicted molar refractivity (Wildman–Crippen MR) is 108 cm³/mol. The number of carbonyl (C=O) groups is 1. The fraction of sp³-hybridized carbons (Fsp3) is 0.455. The molecule has 1 aromatic carbocycles. The van der Waals surface area contributed by atoms with Gasteiger partial charge in [0.2, 0.25) is 5.76 Å². The number of ether oxygens (including phenoxy) is 6. The maximum Gasteiger partial charge on any atom is 0.255 e. The molecule has 31 heavy (non-hydrogen) atoms. The van der Waals surface area contributed by atoms with E-state index in [1.807, 2.05) is 0 Å². The van der Waals surface area contributed by atoms with Gasteiger partial charge in [-0.1, -0.05) is 5.16 Å². The lowest BCUT2D eigenvalue weighted by atomic mass is 9.87. The van der Waals surface area contributed by atoms with Crippen LogP contribution in [0.15, 0.2) is 28.3 Å². The van der Waals surface area contributed by atoms with Crippen molar-refractivity contribution >= 4 is 5.78 Å². The van der Waals surface area contributed by atoms with Gasteiger partial charge in [-0.05, 0) is 37.1 Å². The summed E-state index contributed by atoms with van der Waals surface area (Å²) in [4.78, 5) is 13.1. The Kier molecular flexibility index (Phi) is 5.85. The molecular formula is C22H25NO8. The number of nitrogens with zero attached hydrogens (tertiary/aromatic N) is 1. The highest BCUT2D eigenvalue weighted by molar-refractivity contribution is 6.11. The molecule has 0 saturated carbocycles. The summed E-state index contributed by atoms with van der Waals surface area (Å²) in [6, 6.07) is 3.49. The van der Waals surface area contributed by atoms with Crippen molar-refractivity contribution in [2.45, 2.75) is 25.4 Å². The molecule has 2 aromatic rings. The smallest absolute Gasteiger partial charge is 0.255 e. The number of carbonyl (C=O) groups excluding carboxylic acids is 1. The van der Waals surface area contributed by atoms with Crippen molar-refractivity contribution in [3.63, 3.8) is 0 Å². The lowest BCUT2D eigenvalue weighted by Gasteiger charge is -2.32. The molecule has 9 nitrogen and oxygen atoms in total. The molecule has 1 fully saturated rings. The lowest BCUT2D eigenvalue weighted by Crippen LogP contribution is -2.36. The Morgan fingerprint density at radius 2 is 1.65 bits per heavy atom. The van der Waals surface area contributed by atoms with Crippen LogP contribution < -0.4 is 9.47 Å². The van der Waals surface area contributed by atoms with Gasteiger partial charge in [0.1, 0.15) is 17.2 Å². The Hall–Kier alpha value is -2.72. The highest BCUT2D eigenvalue weighted by atomic mass is 16.7. The van der Waals surface area contributed by atoms with Gasteiger partial charge in [0, 0.05) is 14.2 Å². The van der Waals surface area contributed by atoms with Crippen molar-refractivity contribution in [2.75, 3.05) is 41.7 Å². The van der Waals surface area contributed by atoms with E-state index in [9.17, 15) is 4.79 Å². The van der Waals surface area contributed by atoms with Gasteiger partial charge < -0.3 is 32.9 Å². The van der Waals surface area contributed by atoms with Crippen molar-refractivity contribution in [1.29, 1.82) is 0 Å². The standard InChI is InChI=1S/C22H25NO8/c1-12-11-13(24)16-19(23-31-20(16)22(12,27-4)28-5)17-14(25-2)7-8-15(26-3)18(17)21-29-9-6-10-30-21/h7-8,11,21H,6,9-10H2,1-5H3. The molecule has 0 unspecified atom stereocenters. The van der Waals surface area contributed by atoms with Gasteiger partial charge in [-0.15, -0.1) is 0 Å². The van der Waals surface area contributed by atoms with Crippen LogP contribution in [0, 0.1) is 0 Å². The average Bonchev–Trinajstić information content (AvgIpc) is 3.25. The number of fused-ring (bicyclic) bond motifs is 1. The highest BCUT2D eigenvalue weighted by Gasteiger charge is 2.48. The van der Waals surface area contributed by atoms with Crippen LogP contribution in [0.4, 0.5) is 0 Å². The van der Waals surface area contributed by atoms with Gasteiger partial charge in [0.05, 0.1) is 44.1 Å². The minimum atomic E-state index is -1.36. The molecule has 0 N–H and O–H groups in total. The second-order valence-electron chi connectivity index (χ2n) is 7.14. The molecule has 2 heterocycles. The molecule has 0 bridgehead atoms. The van der Waals surface area contributed by atoms with Crippen molar-refractivity contribution in [3.05, 3.63) is 40.7 Å². The summed E-state index contributed by atoms with van der Waals surface area (Å²) in [6.07, 6.45) is 1.52. The fourth-order valence-corrected chi connectivity index (χ4v) is 4.11. The minimum Gasteiger partial charge on any atom is -0.496 e. The van der Waals surface area contributed by atoms with E-state index in [-0.39, 0.29) is 22.8 Å². The van der Waals surface area contributed by atoms with Crippen LogP contribution in [-0.2, 0) is 24.7 Å². The molecule has 9 heteroatoms. The van der Waals surface area contributed by atoms with Crippen LogP contribution in [0.2, 0.25) is 0 Å². The zero-order valence-corrected chi connectivity index (χ0v) is 18.1. The Labute approximate surface area is 179 Å². The molecule has 0 atom stereocenters. The van der Waals surface area contributed by atoms with E-state index >= 15 is 0 Å². The third kappa shape index (κ3) is 3.25. The summed E-state index contributed by atoms with van der Waals surface area (Å²) in [5.41, 5.74) is 2.09. The zero-order chi connectivity index (χ0) is 22.2. The summed E-state index contributed by atoms with van der Waals surface area (Å²) in [6.45, 7) is 2.79. The van der Waals surface area contributed by atoms with Gasteiger partial charge in [-0.2, -0.15) is 0 Å². The number of allylic oxidation sites excluding steroid dienone is 1. The van der Waals surface area contributed by atoms with Crippen LogP contribution in [0.3, 0.4) is 0 Å². The maximum absolute atomic E-state index is 13.1. The van der Waals surface area contributed by atoms with Crippen molar-refractivity contribution < 1.29 is 37.7 Å². The quantitative estimate of drug-likeness (QED) is 0.637. The molecule has 2 aliphatic rings. The van der Waals surface area contributed by atoms with E-state index in [0.29, 0.717) is 41.4 Å². The molecule has 4 rings (SSSR count). The molecule has 166 valence electrons. The third-order valence-electron chi connectivity index (χ3n) is 5.59.